The maximum absolute atomic E-state index is 11.7. The number of carboxylic acids is 1. The zero-order valence-corrected chi connectivity index (χ0v) is 8.97. The first-order valence-electron chi connectivity index (χ1n) is 4.80. The molecule has 0 aromatic rings. The fourth-order valence-corrected chi connectivity index (χ4v) is 1.52. The van der Waals surface area contributed by atoms with Gasteiger partial charge in [-0.15, -0.1) is 0 Å². The molecule has 0 radical (unpaired) electrons. The molecule has 1 heterocycles. The quantitative estimate of drug-likeness (QED) is 0.712. The second-order valence-corrected chi connectivity index (χ2v) is 3.66. The van der Waals surface area contributed by atoms with E-state index in [1.165, 1.54) is 16.8 Å². The Morgan fingerprint density at radius 1 is 1.47 bits per heavy atom. The summed E-state index contributed by atoms with van der Waals surface area (Å²) in [6.07, 6.45) is 0.809. The highest BCUT2D eigenvalue weighted by Gasteiger charge is 2.26. The first-order chi connectivity index (χ1) is 7.02. The molecule has 0 spiro atoms. The minimum Gasteiger partial charge on any atom is -0.480 e. The summed E-state index contributed by atoms with van der Waals surface area (Å²) in [5.41, 5.74) is 0. The number of ether oxygens (including phenoxy) is 1. The Balaban J connectivity index is 2.47. The fourth-order valence-electron chi connectivity index (χ4n) is 1.52. The molecule has 1 saturated heterocycles. The van der Waals surface area contributed by atoms with Gasteiger partial charge in [0.05, 0.1) is 12.6 Å². The van der Waals surface area contributed by atoms with Crippen LogP contribution in [0.2, 0.25) is 0 Å². The Hall–Kier alpha value is -1.30. The van der Waals surface area contributed by atoms with Crippen molar-refractivity contribution in [1.82, 2.24) is 9.80 Å². The highest BCUT2D eigenvalue weighted by molar-refractivity contribution is 5.79. The summed E-state index contributed by atoms with van der Waals surface area (Å²) in [5.74, 6) is -1.01. The Bertz CT molecular complexity index is 250. The van der Waals surface area contributed by atoms with Gasteiger partial charge in [0.1, 0.15) is 6.54 Å². The molecule has 1 unspecified atom stereocenters. The minimum atomic E-state index is -1.01. The SMILES string of the molecule is CN(CC(=O)O)C(=O)N(C)C1CCOC1. The summed E-state index contributed by atoms with van der Waals surface area (Å²) in [7, 11) is 3.14. The van der Waals surface area contributed by atoms with Crippen LogP contribution < -0.4 is 0 Å². The van der Waals surface area contributed by atoms with Gasteiger partial charge in [-0.3, -0.25) is 4.79 Å². The minimum absolute atomic E-state index is 0.0637. The van der Waals surface area contributed by atoms with Crippen LogP contribution >= 0.6 is 0 Å². The zero-order valence-electron chi connectivity index (χ0n) is 8.97. The summed E-state index contributed by atoms with van der Waals surface area (Å²) in [4.78, 5) is 24.8. The number of hydrogen-bond acceptors (Lipinski definition) is 3. The number of rotatable bonds is 3. The fraction of sp³-hybridized carbons (Fsp3) is 0.778. The molecule has 6 nitrogen and oxygen atoms in total. The molecule has 0 saturated carbocycles. The van der Waals surface area contributed by atoms with E-state index in [-0.39, 0.29) is 18.6 Å². The number of aliphatic carboxylic acids is 1. The second-order valence-electron chi connectivity index (χ2n) is 3.66. The average molecular weight is 216 g/mol. The number of amides is 2. The van der Waals surface area contributed by atoms with Crippen molar-refractivity contribution in [1.29, 1.82) is 0 Å². The summed E-state index contributed by atoms with van der Waals surface area (Å²) in [6, 6.07) is -0.221. The van der Waals surface area contributed by atoms with Gasteiger partial charge in [0.15, 0.2) is 0 Å². The molecule has 6 heteroatoms. The molecule has 1 aliphatic heterocycles. The van der Waals surface area contributed by atoms with E-state index in [0.717, 1.165) is 6.42 Å². The number of carbonyl (C=O) groups is 2. The number of hydrogen-bond donors (Lipinski definition) is 1. The van der Waals surface area contributed by atoms with E-state index in [0.29, 0.717) is 13.2 Å². The van der Waals surface area contributed by atoms with Crippen molar-refractivity contribution in [3.05, 3.63) is 0 Å². The van der Waals surface area contributed by atoms with Crippen molar-refractivity contribution in [3.63, 3.8) is 0 Å². The normalized spacial score (nSPS) is 20.0. The van der Waals surface area contributed by atoms with E-state index < -0.39 is 5.97 Å². The van der Waals surface area contributed by atoms with Crippen LogP contribution in [0.5, 0.6) is 0 Å². The Morgan fingerprint density at radius 2 is 2.13 bits per heavy atom. The van der Waals surface area contributed by atoms with Crippen molar-refractivity contribution in [2.24, 2.45) is 0 Å². The number of likely N-dealkylation sites (N-methyl/N-ethyl adjacent to an activating group) is 2. The number of nitrogens with zero attached hydrogens (tertiary/aromatic N) is 2. The first-order valence-corrected chi connectivity index (χ1v) is 4.80. The van der Waals surface area contributed by atoms with Crippen LogP contribution in [0.3, 0.4) is 0 Å². The van der Waals surface area contributed by atoms with Gasteiger partial charge in [0, 0.05) is 20.7 Å². The molecule has 1 fully saturated rings. The van der Waals surface area contributed by atoms with Gasteiger partial charge >= 0.3 is 12.0 Å². The predicted octanol–water partition coefficient (Wildman–Crippen LogP) is -0.156. The third kappa shape index (κ3) is 3.09. The van der Waals surface area contributed by atoms with Crippen LogP contribution in [-0.4, -0.2) is 66.8 Å². The highest BCUT2D eigenvalue weighted by Crippen LogP contribution is 2.11. The molecule has 0 bridgehead atoms. The lowest BCUT2D eigenvalue weighted by molar-refractivity contribution is -0.137. The van der Waals surface area contributed by atoms with Crippen molar-refractivity contribution in [3.8, 4) is 0 Å². The molecule has 86 valence electrons. The highest BCUT2D eigenvalue weighted by atomic mass is 16.5. The monoisotopic (exact) mass is 216 g/mol. The Labute approximate surface area is 88.4 Å². The van der Waals surface area contributed by atoms with Crippen molar-refractivity contribution in [2.75, 3.05) is 33.9 Å². The molecule has 0 aliphatic carbocycles. The molecular formula is C9H16N2O4. The molecule has 1 atom stereocenters. The van der Waals surface area contributed by atoms with Crippen molar-refractivity contribution in [2.45, 2.75) is 12.5 Å². The third-order valence-electron chi connectivity index (χ3n) is 2.45. The Morgan fingerprint density at radius 3 is 2.60 bits per heavy atom. The standard InChI is InChI=1S/C9H16N2O4/c1-10(5-8(12)13)9(14)11(2)7-3-4-15-6-7/h7H,3-6H2,1-2H3,(H,12,13). The Kier molecular flexibility index (Phi) is 3.90. The van der Waals surface area contributed by atoms with Crippen LogP contribution in [0, 0.1) is 0 Å². The van der Waals surface area contributed by atoms with E-state index in [4.69, 9.17) is 9.84 Å². The van der Waals surface area contributed by atoms with Crippen LogP contribution in [0.4, 0.5) is 4.79 Å². The molecule has 2 amide bonds. The zero-order chi connectivity index (χ0) is 11.4. The van der Waals surface area contributed by atoms with E-state index in [1.807, 2.05) is 0 Å². The third-order valence-corrected chi connectivity index (χ3v) is 2.45. The van der Waals surface area contributed by atoms with Gasteiger partial charge in [-0.05, 0) is 6.42 Å². The number of carboxylic acid groups (broad SMARTS) is 1. The summed E-state index contributed by atoms with van der Waals surface area (Å²) < 4.78 is 5.16. The largest absolute Gasteiger partial charge is 0.480 e. The van der Waals surface area contributed by atoms with Crippen molar-refractivity contribution < 1.29 is 19.4 Å². The van der Waals surface area contributed by atoms with Crippen LogP contribution in [0.1, 0.15) is 6.42 Å². The maximum Gasteiger partial charge on any atom is 0.323 e. The van der Waals surface area contributed by atoms with Gasteiger partial charge in [-0.25, -0.2) is 4.79 Å². The predicted molar refractivity (Wildman–Crippen MR) is 52.6 cm³/mol. The number of urea groups is 1. The van der Waals surface area contributed by atoms with Gasteiger partial charge in [-0.2, -0.15) is 0 Å². The molecule has 0 aromatic heterocycles. The molecule has 1 N–H and O–H groups in total. The van der Waals surface area contributed by atoms with Gasteiger partial charge < -0.3 is 19.6 Å². The molecular weight excluding hydrogens is 200 g/mol. The topological polar surface area (TPSA) is 70.1 Å². The average Bonchev–Trinajstić information content (AvgIpc) is 2.67. The smallest absolute Gasteiger partial charge is 0.323 e. The van der Waals surface area contributed by atoms with Gasteiger partial charge in [0.2, 0.25) is 0 Å². The van der Waals surface area contributed by atoms with Gasteiger partial charge in [-0.1, -0.05) is 0 Å². The van der Waals surface area contributed by atoms with E-state index in [1.54, 1.807) is 7.05 Å². The molecule has 15 heavy (non-hydrogen) atoms. The molecule has 1 aliphatic rings. The van der Waals surface area contributed by atoms with Crippen LogP contribution in [-0.2, 0) is 9.53 Å². The molecule has 1 rings (SSSR count). The maximum atomic E-state index is 11.7. The second kappa shape index (κ2) is 4.97. The summed E-state index contributed by atoms with van der Waals surface area (Å²) in [5, 5.41) is 8.54. The van der Waals surface area contributed by atoms with E-state index in [2.05, 4.69) is 0 Å². The van der Waals surface area contributed by atoms with E-state index >= 15 is 0 Å². The van der Waals surface area contributed by atoms with Gasteiger partial charge in [0.25, 0.3) is 0 Å². The van der Waals surface area contributed by atoms with E-state index in [9.17, 15) is 9.59 Å². The van der Waals surface area contributed by atoms with Crippen LogP contribution in [0.15, 0.2) is 0 Å². The lowest BCUT2D eigenvalue weighted by Gasteiger charge is -2.27. The lowest BCUT2D eigenvalue weighted by atomic mass is 10.2. The molecule has 0 aromatic carbocycles. The van der Waals surface area contributed by atoms with Crippen LogP contribution in [0.25, 0.3) is 0 Å². The van der Waals surface area contributed by atoms with Crippen molar-refractivity contribution >= 4 is 12.0 Å². The number of carbonyl (C=O) groups excluding carboxylic acids is 1. The summed E-state index contributed by atoms with van der Waals surface area (Å²) >= 11 is 0. The lowest BCUT2D eigenvalue weighted by Crippen LogP contribution is -2.46. The first kappa shape index (κ1) is 11.8. The summed E-state index contributed by atoms with van der Waals surface area (Å²) in [6.45, 7) is 0.908.